The van der Waals surface area contributed by atoms with Gasteiger partial charge in [-0.15, -0.1) is 0 Å². The zero-order valence-corrected chi connectivity index (χ0v) is 11.5. The van der Waals surface area contributed by atoms with Gasteiger partial charge in [0.05, 0.1) is 13.2 Å². The number of aliphatic hydroxyl groups is 1. The average molecular weight is 259 g/mol. The molecule has 19 heavy (non-hydrogen) atoms. The lowest BCUT2D eigenvalue weighted by Gasteiger charge is -2.15. The largest absolute Gasteiger partial charge is 0.386 e. The van der Waals surface area contributed by atoms with Crippen LogP contribution in [0.2, 0.25) is 0 Å². The summed E-state index contributed by atoms with van der Waals surface area (Å²) < 4.78 is 5.52. The number of fused-ring (bicyclic) bond motifs is 1. The summed E-state index contributed by atoms with van der Waals surface area (Å²) in [6.45, 7) is 1.83. The summed E-state index contributed by atoms with van der Waals surface area (Å²) in [5.41, 5.74) is 0.933. The maximum absolute atomic E-state index is 10.2. The minimum absolute atomic E-state index is 0.335. The number of nitrogens with zero attached hydrogens (tertiary/aromatic N) is 1. The molecule has 0 radical (unpaired) electrons. The molecule has 0 fully saturated rings. The molecule has 0 aliphatic heterocycles. The summed E-state index contributed by atoms with van der Waals surface area (Å²) in [5, 5.41) is 12.5. The van der Waals surface area contributed by atoms with Gasteiger partial charge < -0.3 is 14.7 Å². The van der Waals surface area contributed by atoms with Crippen LogP contribution in [0.15, 0.2) is 42.5 Å². The third-order valence-corrected chi connectivity index (χ3v) is 3.14. The molecule has 0 heterocycles. The fourth-order valence-corrected chi connectivity index (χ4v) is 2.07. The van der Waals surface area contributed by atoms with Crippen molar-refractivity contribution in [3.05, 3.63) is 48.0 Å². The number of benzene rings is 2. The van der Waals surface area contributed by atoms with Crippen LogP contribution in [0, 0.1) is 0 Å². The molecule has 0 aromatic heterocycles. The molecule has 0 spiro atoms. The zero-order chi connectivity index (χ0) is 13.7. The van der Waals surface area contributed by atoms with E-state index in [1.54, 1.807) is 0 Å². The van der Waals surface area contributed by atoms with Gasteiger partial charge in [0.25, 0.3) is 0 Å². The van der Waals surface area contributed by atoms with Crippen molar-refractivity contribution in [1.29, 1.82) is 0 Å². The smallest absolute Gasteiger partial charge is 0.103 e. The summed E-state index contributed by atoms with van der Waals surface area (Å²) >= 11 is 0. The Morgan fingerprint density at radius 3 is 2.63 bits per heavy atom. The van der Waals surface area contributed by atoms with Crippen LogP contribution in [-0.4, -0.2) is 43.9 Å². The first kappa shape index (κ1) is 14.0. The highest BCUT2D eigenvalue weighted by Gasteiger charge is 2.10. The topological polar surface area (TPSA) is 32.7 Å². The molecule has 1 atom stereocenters. The van der Waals surface area contributed by atoms with Gasteiger partial charge in [-0.1, -0.05) is 42.5 Å². The van der Waals surface area contributed by atoms with Gasteiger partial charge in [0, 0.05) is 6.54 Å². The second kappa shape index (κ2) is 6.66. The molecule has 0 saturated carbocycles. The predicted octanol–water partition coefficient (Wildman–Crippen LogP) is 2.45. The van der Waals surface area contributed by atoms with E-state index in [9.17, 15) is 5.11 Å². The lowest BCUT2D eigenvalue weighted by atomic mass is 10.0. The lowest BCUT2D eigenvalue weighted by Crippen LogP contribution is -2.19. The monoisotopic (exact) mass is 259 g/mol. The average Bonchev–Trinajstić information content (AvgIpc) is 2.42. The summed E-state index contributed by atoms with van der Waals surface area (Å²) in [4.78, 5) is 2.06. The Morgan fingerprint density at radius 1 is 1.11 bits per heavy atom. The van der Waals surface area contributed by atoms with E-state index in [0.29, 0.717) is 13.2 Å². The van der Waals surface area contributed by atoms with Gasteiger partial charge in [0.15, 0.2) is 0 Å². The molecular weight excluding hydrogens is 238 g/mol. The van der Waals surface area contributed by atoms with Crippen molar-refractivity contribution >= 4 is 10.8 Å². The number of hydrogen-bond donors (Lipinski definition) is 1. The molecule has 2 aromatic rings. The second-order valence-corrected chi connectivity index (χ2v) is 4.96. The molecule has 2 aromatic carbocycles. The number of hydrogen-bond acceptors (Lipinski definition) is 3. The van der Waals surface area contributed by atoms with Crippen molar-refractivity contribution < 1.29 is 9.84 Å². The molecular formula is C16H21NO2. The SMILES string of the molecule is CN(C)CCOCC(O)c1cccc2ccccc12. The Morgan fingerprint density at radius 2 is 1.84 bits per heavy atom. The summed E-state index contributed by atoms with van der Waals surface area (Å²) in [6, 6.07) is 14.1. The van der Waals surface area contributed by atoms with Crippen molar-refractivity contribution in [2.24, 2.45) is 0 Å². The van der Waals surface area contributed by atoms with Crippen LogP contribution in [0.1, 0.15) is 11.7 Å². The summed E-state index contributed by atoms with van der Waals surface area (Å²) in [7, 11) is 4.01. The molecule has 1 unspecified atom stereocenters. The highest BCUT2D eigenvalue weighted by atomic mass is 16.5. The predicted molar refractivity (Wildman–Crippen MR) is 78.3 cm³/mol. The molecule has 102 valence electrons. The van der Waals surface area contributed by atoms with Gasteiger partial charge in [-0.05, 0) is 30.4 Å². The fourth-order valence-electron chi connectivity index (χ4n) is 2.07. The first-order chi connectivity index (χ1) is 9.18. The van der Waals surface area contributed by atoms with E-state index in [4.69, 9.17) is 4.74 Å². The third-order valence-electron chi connectivity index (χ3n) is 3.14. The number of rotatable bonds is 6. The van der Waals surface area contributed by atoms with Crippen molar-refractivity contribution in [2.45, 2.75) is 6.10 Å². The Balaban J connectivity index is 2.03. The molecule has 1 N–H and O–H groups in total. The van der Waals surface area contributed by atoms with Crippen LogP contribution in [0.3, 0.4) is 0 Å². The van der Waals surface area contributed by atoms with Gasteiger partial charge in [0.2, 0.25) is 0 Å². The van der Waals surface area contributed by atoms with Crippen LogP contribution in [0.5, 0.6) is 0 Å². The van der Waals surface area contributed by atoms with Crippen molar-refractivity contribution in [3.8, 4) is 0 Å². The van der Waals surface area contributed by atoms with E-state index in [-0.39, 0.29) is 0 Å². The Labute approximate surface area is 114 Å². The van der Waals surface area contributed by atoms with Crippen molar-refractivity contribution in [2.75, 3.05) is 33.9 Å². The van der Waals surface area contributed by atoms with E-state index in [1.807, 2.05) is 44.4 Å². The molecule has 0 saturated heterocycles. The van der Waals surface area contributed by atoms with E-state index < -0.39 is 6.10 Å². The van der Waals surface area contributed by atoms with E-state index in [2.05, 4.69) is 17.0 Å². The van der Waals surface area contributed by atoms with Crippen molar-refractivity contribution in [1.82, 2.24) is 4.90 Å². The standard InChI is InChI=1S/C16H21NO2/c1-17(2)10-11-19-12-16(18)15-9-5-7-13-6-3-4-8-14(13)15/h3-9,16,18H,10-12H2,1-2H3. The molecule has 2 rings (SSSR count). The normalized spacial score (nSPS) is 13.1. The molecule has 0 aliphatic rings. The maximum Gasteiger partial charge on any atom is 0.103 e. The highest BCUT2D eigenvalue weighted by molar-refractivity contribution is 5.85. The quantitative estimate of drug-likeness (QED) is 0.809. The Bertz CT molecular complexity index is 520. The zero-order valence-electron chi connectivity index (χ0n) is 11.5. The lowest BCUT2D eigenvalue weighted by molar-refractivity contribution is 0.0313. The Kier molecular flexibility index (Phi) is 4.91. The minimum Gasteiger partial charge on any atom is -0.386 e. The minimum atomic E-state index is -0.576. The van der Waals surface area contributed by atoms with Crippen LogP contribution in [0.25, 0.3) is 10.8 Å². The van der Waals surface area contributed by atoms with E-state index in [0.717, 1.165) is 22.9 Å². The first-order valence-electron chi connectivity index (χ1n) is 6.56. The second-order valence-electron chi connectivity index (χ2n) is 4.96. The van der Waals surface area contributed by atoms with Crippen LogP contribution in [0.4, 0.5) is 0 Å². The van der Waals surface area contributed by atoms with Crippen molar-refractivity contribution in [3.63, 3.8) is 0 Å². The van der Waals surface area contributed by atoms with Crippen LogP contribution < -0.4 is 0 Å². The molecule has 3 heteroatoms. The van der Waals surface area contributed by atoms with Gasteiger partial charge in [0.1, 0.15) is 6.10 Å². The van der Waals surface area contributed by atoms with Crippen LogP contribution in [-0.2, 0) is 4.74 Å². The fraction of sp³-hybridized carbons (Fsp3) is 0.375. The van der Waals surface area contributed by atoms with E-state index in [1.165, 1.54) is 0 Å². The van der Waals surface area contributed by atoms with Gasteiger partial charge in [-0.3, -0.25) is 0 Å². The first-order valence-corrected chi connectivity index (χ1v) is 6.56. The third kappa shape index (κ3) is 3.77. The summed E-state index contributed by atoms with van der Waals surface area (Å²) in [6.07, 6.45) is -0.576. The van der Waals surface area contributed by atoms with Crippen LogP contribution >= 0.6 is 0 Å². The van der Waals surface area contributed by atoms with E-state index >= 15 is 0 Å². The molecule has 0 bridgehead atoms. The number of aliphatic hydroxyl groups excluding tert-OH is 1. The van der Waals surface area contributed by atoms with Gasteiger partial charge >= 0.3 is 0 Å². The number of likely N-dealkylation sites (N-methyl/N-ethyl adjacent to an activating group) is 1. The van der Waals surface area contributed by atoms with Gasteiger partial charge in [-0.25, -0.2) is 0 Å². The molecule has 3 nitrogen and oxygen atoms in total. The molecule has 0 amide bonds. The number of ether oxygens (including phenoxy) is 1. The Hall–Kier alpha value is -1.42. The summed E-state index contributed by atoms with van der Waals surface area (Å²) in [5.74, 6) is 0. The molecule has 0 aliphatic carbocycles. The maximum atomic E-state index is 10.2. The highest BCUT2D eigenvalue weighted by Crippen LogP contribution is 2.24. The van der Waals surface area contributed by atoms with Gasteiger partial charge in [-0.2, -0.15) is 0 Å².